The fraction of sp³-hybridized carbons (Fsp3) is 0.381. The van der Waals surface area contributed by atoms with Crippen LogP contribution < -0.4 is 9.47 Å². The SMILES string of the molecule is O=C1CC(c2ccc(O)cc2)Oc2c(O[C@@H]3O[C@H](CO)[C@@H](O)[C@H](O)[C@H]3O)c(O)cc(O)c21. The highest BCUT2D eigenvalue weighted by molar-refractivity contribution is 6.03. The Kier molecular flexibility index (Phi) is 5.84. The molecule has 0 saturated carbocycles. The molecule has 0 bridgehead atoms. The van der Waals surface area contributed by atoms with Crippen LogP contribution >= 0.6 is 0 Å². The van der Waals surface area contributed by atoms with Crippen molar-refractivity contribution in [3.05, 3.63) is 41.5 Å². The molecule has 4 rings (SSSR count). The third kappa shape index (κ3) is 3.80. The fourth-order valence-corrected chi connectivity index (χ4v) is 3.72. The summed E-state index contributed by atoms with van der Waals surface area (Å²) in [5, 5.41) is 69.5. The second-order valence-electron chi connectivity index (χ2n) is 7.59. The Hall–Kier alpha value is -3.09. The molecule has 0 radical (unpaired) electrons. The van der Waals surface area contributed by atoms with Gasteiger partial charge in [-0.1, -0.05) is 12.1 Å². The molecule has 0 aromatic heterocycles. The monoisotopic (exact) mass is 450 g/mol. The third-order valence-electron chi connectivity index (χ3n) is 5.45. The molecule has 32 heavy (non-hydrogen) atoms. The summed E-state index contributed by atoms with van der Waals surface area (Å²) in [4.78, 5) is 12.8. The zero-order valence-corrected chi connectivity index (χ0v) is 16.5. The molecule has 7 N–H and O–H groups in total. The van der Waals surface area contributed by atoms with E-state index >= 15 is 0 Å². The summed E-state index contributed by atoms with van der Waals surface area (Å²) in [7, 11) is 0. The first-order valence-electron chi connectivity index (χ1n) is 9.76. The van der Waals surface area contributed by atoms with E-state index in [4.69, 9.17) is 14.2 Å². The lowest BCUT2D eigenvalue weighted by atomic mass is 9.95. The van der Waals surface area contributed by atoms with Gasteiger partial charge in [0.05, 0.1) is 13.0 Å². The molecule has 1 unspecified atom stereocenters. The summed E-state index contributed by atoms with van der Waals surface area (Å²) in [6.07, 6.45) is -9.02. The van der Waals surface area contributed by atoms with Crippen molar-refractivity contribution < 1.29 is 54.8 Å². The summed E-state index contributed by atoms with van der Waals surface area (Å²) in [6, 6.07) is 6.76. The first-order chi connectivity index (χ1) is 15.2. The van der Waals surface area contributed by atoms with Crippen molar-refractivity contribution >= 4 is 5.78 Å². The average molecular weight is 450 g/mol. The lowest BCUT2D eigenvalue weighted by Crippen LogP contribution is -2.60. The van der Waals surface area contributed by atoms with Gasteiger partial charge in [0.15, 0.2) is 17.3 Å². The van der Waals surface area contributed by atoms with Crippen LogP contribution in [0.25, 0.3) is 0 Å². The van der Waals surface area contributed by atoms with Crippen molar-refractivity contribution in [2.24, 2.45) is 0 Å². The van der Waals surface area contributed by atoms with Gasteiger partial charge >= 0.3 is 0 Å². The maximum absolute atomic E-state index is 12.8. The van der Waals surface area contributed by atoms with E-state index in [1.807, 2.05) is 0 Å². The number of aromatic hydroxyl groups is 3. The van der Waals surface area contributed by atoms with Gasteiger partial charge in [-0.25, -0.2) is 0 Å². The van der Waals surface area contributed by atoms with E-state index in [0.29, 0.717) is 5.56 Å². The third-order valence-corrected chi connectivity index (χ3v) is 5.45. The van der Waals surface area contributed by atoms with E-state index in [1.54, 1.807) is 12.1 Å². The van der Waals surface area contributed by atoms with Gasteiger partial charge in [-0.15, -0.1) is 0 Å². The van der Waals surface area contributed by atoms with Crippen LogP contribution in [0.2, 0.25) is 0 Å². The lowest BCUT2D eigenvalue weighted by molar-refractivity contribution is -0.277. The topological polar surface area (TPSA) is 186 Å². The molecule has 1 fully saturated rings. The summed E-state index contributed by atoms with van der Waals surface area (Å²) < 4.78 is 16.7. The molecule has 6 atom stereocenters. The zero-order valence-electron chi connectivity index (χ0n) is 16.5. The smallest absolute Gasteiger partial charge is 0.229 e. The van der Waals surface area contributed by atoms with Crippen molar-refractivity contribution in [2.75, 3.05) is 6.61 Å². The molecular formula is C21H22O11. The van der Waals surface area contributed by atoms with Gasteiger partial charge in [0, 0.05) is 6.07 Å². The van der Waals surface area contributed by atoms with Crippen molar-refractivity contribution in [2.45, 2.75) is 43.2 Å². The van der Waals surface area contributed by atoms with Crippen molar-refractivity contribution in [1.82, 2.24) is 0 Å². The molecule has 0 aliphatic carbocycles. The molecule has 0 spiro atoms. The highest BCUT2D eigenvalue weighted by Gasteiger charge is 2.46. The van der Waals surface area contributed by atoms with Gasteiger partial charge in [-0.3, -0.25) is 4.79 Å². The number of ether oxygens (including phenoxy) is 3. The maximum atomic E-state index is 12.8. The van der Waals surface area contributed by atoms with E-state index in [9.17, 15) is 40.5 Å². The Bertz CT molecular complexity index is 1000. The van der Waals surface area contributed by atoms with Crippen LogP contribution in [0.1, 0.15) is 28.4 Å². The predicted molar refractivity (Wildman–Crippen MR) is 105 cm³/mol. The molecule has 2 aromatic rings. The minimum Gasteiger partial charge on any atom is -0.508 e. The summed E-state index contributed by atoms with van der Waals surface area (Å²) >= 11 is 0. The van der Waals surface area contributed by atoms with E-state index < -0.39 is 66.4 Å². The number of Topliss-reactive ketones (excluding diaryl/α,β-unsaturated/α-hetero) is 1. The molecule has 2 aliphatic rings. The van der Waals surface area contributed by atoms with Gasteiger partial charge in [0.1, 0.15) is 47.6 Å². The van der Waals surface area contributed by atoms with Crippen molar-refractivity contribution in [1.29, 1.82) is 0 Å². The Morgan fingerprint density at radius 3 is 2.31 bits per heavy atom. The largest absolute Gasteiger partial charge is 0.508 e. The highest BCUT2D eigenvalue weighted by atomic mass is 16.7. The van der Waals surface area contributed by atoms with Crippen LogP contribution in [-0.2, 0) is 4.74 Å². The minimum atomic E-state index is -1.77. The number of rotatable bonds is 4. The molecule has 1 saturated heterocycles. The number of aliphatic hydroxyl groups excluding tert-OH is 4. The first-order valence-corrected chi connectivity index (χ1v) is 9.76. The van der Waals surface area contributed by atoms with Crippen LogP contribution in [0.15, 0.2) is 30.3 Å². The lowest BCUT2D eigenvalue weighted by Gasteiger charge is -2.40. The number of carbonyl (C=O) groups excluding carboxylic acids is 1. The van der Waals surface area contributed by atoms with Crippen LogP contribution in [0.3, 0.4) is 0 Å². The quantitative estimate of drug-likeness (QED) is 0.324. The maximum Gasteiger partial charge on any atom is 0.229 e. The Balaban J connectivity index is 1.71. The van der Waals surface area contributed by atoms with Gasteiger partial charge in [0.25, 0.3) is 0 Å². The number of fused-ring (bicyclic) bond motifs is 1. The first kappa shape index (κ1) is 22.1. The fourth-order valence-electron chi connectivity index (χ4n) is 3.72. The highest BCUT2D eigenvalue weighted by Crippen LogP contribution is 2.50. The van der Waals surface area contributed by atoms with Crippen LogP contribution in [0.4, 0.5) is 0 Å². The number of ketones is 1. The second kappa shape index (κ2) is 8.45. The second-order valence-corrected chi connectivity index (χ2v) is 7.59. The Labute approximate surface area is 181 Å². The molecule has 2 aliphatic heterocycles. The number of carbonyl (C=O) groups is 1. The van der Waals surface area contributed by atoms with E-state index in [1.165, 1.54) is 12.1 Å². The molecule has 172 valence electrons. The van der Waals surface area contributed by atoms with Crippen LogP contribution in [-0.4, -0.2) is 78.8 Å². The van der Waals surface area contributed by atoms with E-state index in [0.717, 1.165) is 6.07 Å². The number of aliphatic hydroxyl groups is 4. The zero-order chi connectivity index (χ0) is 23.2. The number of benzene rings is 2. The summed E-state index contributed by atoms with van der Waals surface area (Å²) in [5.74, 6) is -2.45. The standard InChI is InChI=1S/C21H22O11/c22-7-14-16(27)17(28)18(29)21(31-14)32-19-12(26)5-10(24)15-11(25)6-13(30-20(15)19)8-1-3-9(23)4-2-8/h1-5,13-14,16-18,21-24,26-29H,6-7H2/t13?,14-,16-,17+,18-,21+/m1/s1. The molecule has 2 aromatic carbocycles. The molecule has 11 heteroatoms. The van der Waals surface area contributed by atoms with Gasteiger partial charge < -0.3 is 50.0 Å². The minimum absolute atomic E-state index is 0.0122. The van der Waals surface area contributed by atoms with E-state index in [2.05, 4.69) is 0 Å². The van der Waals surface area contributed by atoms with Crippen LogP contribution in [0, 0.1) is 0 Å². The van der Waals surface area contributed by atoms with E-state index in [-0.39, 0.29) is 23.5 Å². The summed E-state index contributed by atoms with van der Waals surface area (Å²) in [5.41, 5.74) is 0.279. The molecular weight excluding hydrogens is 428 g/mol. The number of phenolic OH excluding ortho intramolecular Hbond substituents is 3. The predicted octanol–water partition coefficient (Wildman–Crippen LogP) is -0.311. The molecule has 0 amide bonds. The normalized spacial score (nSPS) is 29.8. The van der Waals surface area contributed by atoms with Gasteiger partial charge in [0.2, 0.25) is 12.0 Å². The van der Waals surface area contributed by atoms with Crippen LogP contribution in [0.5, 0.6) is 28.7 Å². The number of phenols is 3. The Morgan fingerprint density at radius 2 is 1.66 bits per heavy atom. The molecule has 11 nitrogen and oxygen atoms in total. The van der Waals surface area contributed by atoms with Gasteiger partial charge in [-0.05, 0) is 17.7 Å². The molecule has 2 heterocycles. The number of hydrogen-bond acceptors (Lipinski definition) is 11. The summed E-state index contributed by atoms with van der Waals surface area (Å²) in [6.45, 7) is -0.692. The van der Waals surface area contributed by atoms with Gasteiger partial charge in [-0.2, -0.15) is 0 Å². The average Bonchev–Trinajstić information content (AvgIpc) is 2.76. The number of hydrogen-bond donors (Lipinski definition) is 7. The Morgan fingerprint density at radius 1 is 0.969 bits per heavy atom. The van der Waals surface area contributed by atoms with Crippen molar-refractivity contribution in [3.63, 3.8) is 0 Å². The van der Waals surface area contributed by atoms with Crippen molar-refractivity contribution in [3.8, 4) is 28.7 Å².